The normalized spacial score (nSPS) is 13.1. The minimum atomic E-state index is -2.03. The maximum atomic E-state index is 13.8. The highest BCUT2D eigenvalue weighted by Gasteiger charge is 2.33. The fourth-order valence-corrected chi connectivity index (χ4v) is 7.36. The lowest BCUT2D eigenvalue weighted by molar-refractivity contribution is -0.124. The van der Waals surface area contributed by atoms with Gasteiger partial charge in [0.25, 0.3) is 5.91 Å². The number of carbonyl (C=O) groups is 1. The second kappa shape index (κ2) is 9.35. The van der Waals surface area contributed by atoms with E-state index >= 15 is 0 Å². The summed E-state index contributed by atoms with van der Waals surface area (Å²) in [6.07, 6.45) is 0. The zero-order valence-corrected chi connectivity index (χ0v) is 21.8. The lowest BCUT2D eigenvalue weighted by atomic mass is 10.00. The molecule has 0 heterocycles. The van der Waals surface area contributed by atoms with Crippen LogP contribution in [0.5, 0.6) is 5.75 Å². The molecule has 2 rings (SSSR count). The van der Waals surface area contributed by atoms with Gasteiger partial charge in [-0.25, -0.2) is 0 Å². The van der Waals surface area contributed by atoms with Gasteiger partial charge in [-0.1, -0.05) is 87.8 Å². The van der Waals surface area contributed by atoms with Crippen molar-refractivity contribution >= 4 is 38.0 Å². The van der Waals surface area contributed by atoms with E-state index in [-0.39, 0.29) is 5.91 Å². The average Bonchev–Trinajstić information content (AvgIpc) is 2.66. The Morgan fingerprint density at radius 2 is 1.43 bits per heavy atom. The van der Waals surface area contributed by atoms with Crippen molar-refractivity contribution in [2.24, 2.45) is 0 Å². The molecular formula is C25H37NO2Si2. The maximum absolute atomic E-state index is 13.8. The number of hydrogen-bond donors (Lipinski definition) is 1. The smallest absolute Gasteiger partial charge is 0.254 e. The molecule has 2 aromatic rings. The van der Waals surface area contributed by atoms with Gasteiger partial charge in [0.15, 0.2) is 0 Å². The van der Waals surface area contributed by atoms with Crippen molar-refractivity contribution in [2.45, 2.75) is 53.1 Å². The van der Waals surface area contributed by atoms with Crippen LogP contribution in [0.2, 0.25) is 39.3 Å². The molecule has 5 heteroatoms. The van der Waals surface area contributed by atoms with Crippen LogP contribution in [-0.2, 0) is 4.79 Å². The molecule has 0 spiro atoms. The van der Waals surface area contributed by atoms with Gasteiger partial charge < -0.3 is 10.0 Å². The number of aromatic hydroxyl groups is 1. The molecule has 30 heavy (non-hydrogen) atoms. The monoisotopic (exact) mass is 439 g/mol. The molecule has 0 aromatic heterocycles. The molecule has 0 saturated heterocycles. The summed E-state index contributed by atoms with van der Waals surface area (Å²) in [6, 6.07) is 16.0. The molecule has 0 atom stereocenters. The van der Waals surface area contributed by atoms with Crippen LogP contribution in [0.25, 0.3) is 10.8 Å². The second-order valence-electron chi connectivity index (χ2n) is 9.80. The van der Waals surface area contributed by atoms with Gasteiger partial charge in [-0.15, -0.1) is 0 Å². The van der Waals surface area contributed by atoms with Gasteiger partial charge in [0, 0.05) is 24.2 Å². The SMILES string of the molecule is CCN(CC)C(=O)/C(=C(\c1cccc([Si](C)(C)C)c1O)[Si](C)(C)C)c1ccccc1. The molecule has 0 fully saturated rings. The summed E-state index contributed by atoms with van der Waals surface area (Å²) < 4.78 is 0. The third-order valence-electron chi connectivity index (χ3n) is 5.44. The number of benzene rings is 2. The Morgan fingerprint density at radius 3 is 1.90 bits per heavy atom. The van der Waals surface area contributed by atoms with Gasteiger partial charge in [0.05, 0.1) is 16.1 Å². The first kappa shape index (κ1) is 24.2. The number of amides is 1. The van der Waals surface area contributed by atoms with Gasteiger partial charge in [0.2, 0.25) is 0 Å². The van der Waals surface area contributed by atoms with Gasteiger partial charge >= 0.3 is 0 Å². The number of nitrogens with zero attached hydrogens (tertiary/aromatic N) is 1. The molecule has 0 saturated carbocycles. The van der Waals surface area contributed by atoms with Crippen molar-refractivity contribution in [3.05, 3.63) is 59.7 Å². The number of phenolic OH excluding ortho intramolecular Hbond substituents is 1. The van der Waals surface area contributed by atoms with E-state index in [2.05, 4.69) is 39.3 Å². The van der Waals surface area contributed by atoms with E-state index in [0.717, 1.165) is 27.1 Å². The van der Waals surface area contributed by atoms with Gasteiger partial charge in [-0.05, 0) is 29.8 Å². The van der Waals surface area contributed by atoms with Crippen LogP contribution in [0, 0.1) is 0 Å². The van der Waals surface area contributed by atoms with Crippen LogP contribution in [0.3, 0.4) is 0 Å². The van der Waals surface area contributed by atoms with E-state index in [0.29, 0.717) is 18.8 Å². The van der Waals surface area contributed by atoms with E-state index in [1.54, 1.807) is 0 Å². The summed E-state index contributed by atoms with van der Waals surface area (Å²) >= 11 is 0. The highest BCUT2D eigenvalue weighted by molar-refractivity contribution is 6.96. The van der Waals surface area contributed by atoms with Crippen LogP contribution in [0.15, 0.2) is 48.5 Å². The molecule has 0 unspecified atom stereocenters. The fourth-order valence-electron chi connectivity index (χ4n) is 3.91. The maximum Gasteiger partial charge on any atom is 0.254 e. The quantitative estimate of drug-likeness (QED) is 0.347. The molecule has 0 aliphatic rings. The molecule has 1 N–H and O–H groups in total. The first-order chi connectivity index (χ1) is 13.9. The molecule has 0 bridgehead atoms. The molecule has 0 aliphatic heterocycles. The van der Waals surface area contributed by atoms with Gasteiger partial charge in [-0.3, -0.25) is 4.79 Å². The van der Waals surface area contributed by atoms with Crippen molar-refractivity contribution in [1.82, 2.24) is 4.90 Å². The predicted octanol–water partition coefficient (Wildman–Crippen LogP) is 5.59. The number of rotatable bonds is 7. The summed E-state index contributed by atoms with van der Waals surface area (Å²) in [6.45, 7) is 18.8. The Kier molecular flexibility index (Phi) is 7.53. The third kappa shape index (κ3) is 5.13. The molecule has 162 valence electrons. The Labute approximate surface area is 184 Å². The summed E-state index contributed by atoms with van der Waals surface area (Å²) in [5, 5.41) is 13.5. The summed E-state index contributed by atoms with van der Waals surface area (Å²) in [4.78, 5) is 15.7. The predicted molar refractivity (Wildman–Crippen MR) is 136 cm³/mol. The Balaban J connectivity index is 2.98. The lowest BCUT2D eigenvalue weighted by Crippen LogP contribution is -2.39. The molecule has 3 nitrogen and oxygen atoms in total. The summed E-state index contributed by atoms with van der Waals surface area (Å²) in [5.74, 6) is 0.399. The van der Waals surface area contributed by atoms with Crippen LogP contribution < -0.4 is 5.19 Å². The van der Waals surface area contributed by atoms with Crippen molar-refractivity contribution in [3.8, 4) is 5.75 Å². The van der Waals surface area contributed by atoms with Gasteiger partial charge in [0.1, 0.15) is 5.75 Å². The highest BCUT2D eigenvalue weighted by Crippen LogP contribution is 2.39. The van der Waals surface area contributed by atoms with Crippen LogP contribution in [0.1, 0.15) is 25.0 Å². The van der Waals surface area contributed by atoms with E-state index in [1.165, 1.54) is 0 Å². The first-order valence-electron chi connectivity index (χ1n) is 10.9. The Morgan fingerprint density at radius 1 is 0.867 bits per heavy atom. The van der Waals surface area contributed by atoms with Crippen molar-refractivity contribution in [1.29, 1.82) is 0 Å². The van der Waals surface area contributed by atoms with E-state index in [4.69, 9.17) is 0 Å². The Bertz CT molecular complexity index is 918. The zero-order valence-electron chi connectivity index (χ0n) is 19.8. The van der Waals surface area contributed by atoms with E-state index < -0.39 is 16.1 Å². The van der Waals surface area contributed by atoms with E-state index in [9.17, 15) is 9.90 Å². The van der Waals surface area contributed by atoms with Crippen LogP contribution >= 0.6 is 0 Å². The molecule has 1 amide bonds. The van der Waals surface area contributed by atoms with Crippen molar-refractivity contribution < 1.29 is 9.90 Å². The number of hydrogen-bond acceptors (Lipinski definition) is 2. The van der Waals surface area contributed by atoms with Crippen LogP contribution in [0.4, 0.5) is 0 Å². The molecular weight excluding hydrogens is 402 g/mol. The number of likely N-dealkylation sites (N-methyl/N-ethyl adjacent to an activating group) is 1. The average molecular weight is 440 g/mol. The highest BCUT2D eigenvalue weighted by atomic mass is 28.3. The fraction of sp³-hybridized carbons (Fsp3) is 0.400. The minimum absolute atomic E-state index is 0.0430. The van der Waals surface area contributed by atoms with Crippen LogP contribution in [-0.4, -0.2) is 45.2 Å². The molecule has 0 aliphatic carbocycles. The molecule has 2 aromatic carbocycles. The topological polar surface area (TPSA) is 40.5 Å². The third-order valence-corrected chi connectivity index (χ3v) is 9.48. The number of para-hydroxylation sites is 1. The van der Waals surface area contributed by atoms with Gasteiger partial charge in [-0.2, -0.15) is 0 Å². The van der Waals surface area contributed by atoms with Crippen molar-refractivity contribution in [2.75, 3.05) is 13.1 Å². The zero-order chi connectivity index (χ0) is 22.7. The largest absolute Gasteiger partial charge is 0.507 e. The summed E-state index contributed by atoms with van der Waals surface area (Å²) in [5.41, 5.74) is 2.49. The van der Waals surface area contributed by atoms with E-state index in [1.807, 2.05) is 67.3 Å². The number of carbonyl (C=O) groups excluding carboxylic acids is 1. The first-order valence-corrected chi connectivity index (χ1v) is 17.9. The number of phenols is 1. The van der Waals surface area contributed by atoms with Crippen molar-refractivity contribution in [3.63, 3.8) is 0 Å². The standard InChI is InChI=1S/C25H37NO2Si2/c1-9-26(10-2)25(28)22(19-15-12-11-13-16-19)24(30(6,7)8)20-17-14-18-21(23(20)27)29(3,4)5/h11-18,27H,9-10H2,1-8H3/b24-22+. The summed E-state index contributed by atoms with van der Waals surface area (Å²) in [7, 11) is -3.78. The second-order valence-corrected chi connectivity index (χ2v) is 19.8. The lowest BCUT2D eigenvalue weighted by Gasteiger charge is -2.30. The minimum Gasteiger partial charge on any atom is -0.507 e. The molecule has 0 radical (unpaired) electrons. The Hall–Kier alpha value is -2.12.